The number of carbonyl (C=O) groups is 1. The van der Waals surface area contributed by atoms with Crippen LogP contribution in [0.2, 0.25) is 10.0 Å². The fourth-order valence-electron chi connectivity index (χ4n) is 3.36. The molecule has 2 aromatic carbocycles. The molecule has 1 N–H and O–H groups in total. The van der Waals surface area contributed by atoms with Gasteiger partial charge >= 0.3 is 0 Å². The number of anilines is 1. The van der Waals surface area contributed by atoms with E-state index in [1.54, 1.807) is 17.0 Å². The molecule has 0 spiro atoms. The summed E-state index contributed by atoms with van der Waals surface area (Å²) in [5, 5.41) is 10.6. The average Bonchev–Trinajstić information content (AvgIpc) is 2.73. The third kappa shape index (κ3) is 4.30. The first-order valence-electron chi connectivity index (χ1n) is 9.04. The maximum absolute atomic E-state index is 13.2. The highest BCUT2D eigenvalue weighted by Gasteiger charge is 2.37. The van der Waals surface area contributed by atoms with Crippen molar-refractivity contribution in [1.29, 1.82) is 0 Å². The summed E-state index contributed by atoms with van der Waals surface area (Å²) in [4.78, 5) is 14.9. The summed E-state index contributed by atoms with van der Waals surface area (Å²) < 4.78 is 6.23. The molecule has 1 aliphatic rings. The summed E-state index contributed by atoms with van der Waals surface area (Å²) in [6.07, 6.45) is -1.10. The normalized spacial score (nSPS) is 19.9. The third-order valence-corrected chi connectivity index (χ3v) is 5.11. The van der Waals surface area contributed by atoms with Crippen LogP contribution in [0.3, 0.4) is 0 Å². The summed E-state index contributed by atoms with van der Waals surface area (Å²) in [5.74, 6) is 0.111. The van der Waals surface area contributed by atoms with Gasteiger partial charge < -0.3 is 14.7 Å². The summed E-state index contributed by atoms with van der Waals surface area (Å²) >= 11 is 12.7. The average molecular weight is 408 g/mol. The highest BCUT2D eigenvalue weighted by molar-refractivity contribution is 6.31. The topological polar surface area (TPSA) is 49.8 Å². The minimum atomic E-state index is -0.763. The number of benzene rings is 2. The number of ether oxygens (including phenoxy) is 1. The molecule has 0 bridgehead atoms. The minimum absolute atomic E-state index is 0.141. The van der Waals surface area contributed by atoms with Gasteiger partial charge in [-0.25, -0.2) is 0 Å². The van der Waals surface area contributed by atoms with Gasteiger partial charge in [-0.2, -0.15) is 0 Å². The van der Waals surface area contributed by atoms with Crippen LogP contribution in [0.5, 0.6) is 0 Å². The maximum Gasteiger partial charge on any atom is 0.256 e. The van der Waals surface area contributed by atoms with Crippen molar-refractivity contribution in [2.45, 2.75) is 32.5 Å². The van der Waals surface area contributed by atoms with E-state index in [-0.39, 0.29) is 24.9 Å². The Kier molecular flexibility index (Phi) is 6.43. The predicted molar refractivity (Wildman–Crippen MR) is 109 cm³/mol. The monoisotopic (exact) mass is 407 g/mol. The first kappa shape index (κ1) is 20.2. The maximum atomic E-state index is 13.2. The molecule has 0 fully saturated rings. The summed E-state index contributed by atoms with van der Waals surface area (Å²) in [6, 6.07) is 12.9. The second-order valence-electron chi connectivity index (χ2n) is 7.08. The molecule has 0 unspecified atom stereocenters. The molecule has 0 saturated carbocycles. The second-order valence-corrected chi connectivity index (χ2v) is 7.93. The van der Waals surface area contributed by atoms with E-state index in [1.807, 2.05) is 30.3 Å². The van der Waals surface area contributed by atoms with Crippen molar-refractivity contribution in [3.63, 3.8) is 0 Å². The Bertz CT molecular complexity index is 825. The lowest BCUT2D eigenvalue weighted by molar-refractivity contribution is -0.133. The number of nitrogens with zero attached hydrogens (tertiary/aromatic N) is 1. The Balaban J connectivity index is 2.19. The molecule has 144 valence electrons. The number of halogens is 2. The molecule has 6 heteroatoms. The van der Waals surface area contributed by atoms with Crippen molar-refractivity contribution >= 4 is 34.8 Å². The van der Waals surface area contributed by atoms with Crippen molar-refractivity contribution in [2.24, 2.45) is 5.92 Å². The van der Waals surface area contributed by atoms with Crippen molar-refractivity contribution in [2.75, 3.05) is 18.1 Å². The number of carbonyl (C=O) groups excluding carboxylic acids is 1. The molecular weight excluding hydrogens is 385 g/mol. The smallest absolute Gasteiger partial charge is 0.256 e. The van der Waals surface area contributed by atoms with E-state index < -0.39 is 12.2 Å². The zero-order valence-electron chi connectivity index (χ0n) is 15.4. The molecule has 1 heterocycles. The Labute approximate surface area is 169 Å². The quantitative estimate of drug-likeness (QED) is 0.769. The van der Waals surface area contributed by atoms with Crippen molar-refractivity contribution in [1.82, 2.24) is 0 Å². The van der Waals surface area contributed by atoms with Gasteiger partial charge in [0.2, 0.25) is 0 Å². The van der Waals surface area contributed by atoms with E-state index in [0.29, 0.717) is 16.6 Å². The van der Waals surface area contributed by atoms with Crippen molar-refractivity contribution in [3.8, 4) is 0 Å². The van der Waals surface area contributed by atoms with Crippen LogP contribution in [0.4, 0.5) is 5.69 Å². The van der Waals surface area contributed by atoms with Gasteiger partial charge in [-0.05, 0) is 30.2 Å². The first-order valence-corrected chi connectivity index (χ1v) is 9.79. The number of aliphatic hydroxyl groups excluding tert-OH is 1. The van der Waals surface area contributed by atoms with Crippen LogP contribution in [0, 0.1) is 5.92 Å². The standard InChI is InChI=1S/C21H23Cl2NO3/c1-13(2)12-24-18-8-7-14(22)11-16(18)20(15-5-3-4-6-17(15)23)27-19(9-10-25)21(24)26/h3-8,11,13,19-20,25H,9-10,12H2,1-2H3/t19-,20-/m1/s1. The fourth-order valence-corrected chi connectivity index (χ4v) is 3.78. The number of hydrogen-bond donors (Lipinski definition) is 1. The van der Waals surface area contributed by atoms with E-state index in [1.165, 1.54) is 0 Å². The molecule has 27 heavy (non-hydrogen) atoms. The molecule has 2 aromatic rings. The summed E-state index contributed by atoms with van der Waals surface area (Å²) in [5.41, 5.74) is 2.33. The number of amides is 1. The Morgan fingerprint density at radius 1 is 1.15 bits per heavy atom. The molecule has 0 aliphatic carbocycles. The Morgan fingerprint density at radius 2 is 1.89 bits per heavy atom. The van der Waals surface area contributed by atoms with E-state index in [4.69, 9.17) is 27.9 Å². The van der Waals surface area contributed by atoms with Crippen LogP contribution in [0.1, 0.15) is 37.5 Å². The molecule has 2 atom stereocenters. The van der Waals surface area contributed by atoms with E-state index in [2.05, 4.69) is 13.8 Å². The zero-order chi connectivity index (χ0) is 19.6. The molecule has 1 amide bonds. The van der Waals surface area contributed by atoms with Gasteiger partial charge in [-0.15, -0.1) is 0 Å². The van der Waals surface area contributed by atoms with Crippen LogP contribution >= 0.6 is 23.2 Å². The van der Waals surface area contributed by atoms with Crippen LogP contribution in [0.15, 0.2) is 42.5 Å². The molecule has 0 saturated heterocycles. The van der Waals surface area contributed by atoms with Crippen LogP contribution in [0.25, 0.3) is 0 Å². The lowest BCUT2D eigenvalue weighted by atomic mass is 9.99. The van der Waals surface area contributed by atoms with Gasteiger partial charge in [-0.3, -0.25) is 4.79 Å². The van der Waals surface area contributed by atoms with Crippen LogP contribution in [-0.4, -0.2) is 30.3 Å². The summed E-state index contributed by atoms with van der Waals surface area (Å²) in [7, 11) is 0. The minimum Gasteiger partial charge on any atom is -0.396 e. The molecule has 0 radical (unpaired) electrons. The molecule has 1 aliphatic heterocycles. The highest BCUT2D eigenvalue weighted by Crippen LogP contribution is 2.41. The van der Waals surface area contributed by atoms with Gasteiger partial charge in [0.1, 0.15) is 12.2 Å². The van der Waals surface area contributed by atoms with Gasteiger partial charge in [0, 0.05) is 46.4 Å². The van der Waals surface area contributed by atoms with E-state index in [9.17, 15) is 9.90 Å². The second kappa shape index (κ2) is 8.61. The van der Waals surface area contributed by atoms with Crippen molar-refractivity contribution < 1.29 is 14.6 Å². The zero-order valence-corrected chi connectivity index (χ0v) is 16.9. The number of fused-ring (bicyclic) bond motifs is 1. The largest absolute Gasteiger partial charge is 0.396 e. The number of aliphatic hydroxyl groups is 1. The number of rotatable bonds is 5. The SMILES string of the molecule is CC(C)CN1C(=O)[C@@H](CCO)O[C@H](c2ccccc2Cl)c2cc(Cl)ccc21. The molecule has 0 aromatic heterocycles. The van der Waals surface area contributed by atoms with Crippen LogP contribution < -0.4 is 4.90 Å². The molecular formula is C21H23Cl2NO3. The lowest BCUT2D eigenvalue weighted by Crippen LogP contribution is -2.41. The third-order valence-electron chi connectivity index (χ3n) is 4.53. The first-order chi connectivity index (χ1) is 12.9. The van der Waals surface area contributed by atoms with Crippen molar-refractivity contribution in [3.05, 3.63) is 63.6 Å². The van der Waals surface area contributed by atoms with Gasteiger partial charge in [0.15, 0.2) is 0 Å². The van der Waals surface area contributed by atoms with Gasteiger partial charge in [0.25, 0.3) is 5.91 Å². The number of hydrogen-bond acceptors (Lipinski definition) is 3. The van der Waals surface area contributed by atoms with Gasteiger partial charge in [-0.1, -0.05) is 55.2 Å². The molecule has 4 nitrogen and oxygen atoms in total. The Morgan fingerprint density at radius 3 is 2.56 bits per heavy atom. The lowest BCUT2D eigenvalue weighted by Gasteiger charge is -2.26. The fraction of sp³-hybridized carbons (Fsp3) is 0.381. The van der Waals surface area contributed by atoms with Gasteiger partial charge in [0.05, 0.1) is 0 Å². The molecule has 3 rings (SSSR count). The van der Waals surface area contributed by atoms with E-state index >= 15 is 0 Å². The Hall–Kier alpha value is -1.59. The summed E-state index contributed by atoms with van der Waals surface area (Å²) in [6.45, 7) is 4.52. The predicted octanol–water partition coefficient (Wildman–Crippen LogP) is 4.85. The van der Waals surface area contributed by atoms with E-state index in [0.717, 1.165) is 16.8 Å². The highest BCUT2D eigenvalue weighted by atomic mass is 35.5. The van der Waals surface area contributed by atoms with Crippen LogP contribution in [-0.2, 0) is 9.53 Å².